The third-order valence-electron chi connectivity index (χ3n) is 3.01. The van der Waals surface area contributed by atoms with Gasteiger partial charge in [-0.2, -0.15) is 0 Å². The van der Waals surface area contributed by atoms with E-state index in [1.54, 1.807) is 12.1 Å². The molecular formula is C12H15N3O2. The molecule has 0 unspecified atom stereocenters. The van der Waals surface area contributed by atoms with Crippen molar-refractivity contribution in [1.29, 1.82) is 0 Å². The van der Waals surface area contributed by atoms with Crippen LogP contribution >= 0.6 is 0 Å². The molecule has 0 spiro atoms. The van der Waals surface area contributed by atoms with Gasteiger partial charge in [0.05, 0.1) is 6.54 Å². The van der Waals surface area contributed by atoms with E-state index in [1.807, 2.05) is 12.1 Å². The zero-order valence-corrected chi connectivity index (χ0v) is 9.58. The summed E-state index contributed by atoms with van der Waals surface area (Å²) in [7, 11) is 0. The summed E-state index contributed by atoms with van der Waals surface area (Å²) in [5.74, 6) is 0. The molecular weight excluding hydrogens is 218 g/mol. The van der Waals surface area contributed by atoms with E-state index in [2.05, 4.69) is 15.0 Å². The summed E-state index contributed by atoms with van der Waals surface area (Å²) in [5, 5.41) is 2.94. The molecule has 1 saturated heterocycles. The lowest BCUT2D eigenvalue weighted by Gasteiger charge is -2.35. The van der Waals surface area contributed by atoms with Crippen molar-refractivity contribution < 1.29 is 4.79 Å². The standard InChI is InChI=1S/C12H15N3O2/c16-9-8-14-4-6-15(7-5-14)12-3-1-2-11(10-12)13-17/h1-3,9-10H,4-8H2. The average molecular weight is 233 g/mol. The fourth-order valence-corrected chi connectivity index (χ4v) is 2.04. The molecule has 2 rings (SSSR count). The number of rotatable bonds is 4. The Balaban J connectivity index is 1.99. The maximum atomic E-state index is 10.5. The SMILES string of the molecule is O=CCN1CCN(c2cccc(N=O)c2)CC1. The molecule has 1 aromatic rings. The Morgan fingerprint density at radius 1 is 1.24 bits per heavy atom. The summed E-state index contributed by atoms with van der Waals surface area (Å²) in [6, 6.07) is 7.30. The van der Waals surface area contributed by atoms with E-state index in [0.29, 0.717) is 12.2 Å². The molecule has 0 atom stereocenters. The molecule has 0 N–H and O–H groups in total. The number of nitrogens with zero attached hydrogens (tertiary/aromatic N) is 3. The van der Waals surface area contributed by atoms with Gasteiger partial charge in [0.15, 0.2) is 0 Å². The number of carbonyl (C=O) groups is 1. The molecule has 5 nitrogen and oxygen atoms in total. The van der Waals surface area contributed by atoms with E-state index < -0.39 is 0 Å². The zero-order chi connectivity index (χ0) is 12.1. The number of hydrogen-bond donors (Lipinski definition) is 0. The number of benzene rings is 1. The quantitative estimate of drug-likeness (QED) is 0.582. The van der Waals surface area contributed by atoms with Crippen LogP contribution in [0.25, 0.3) is 0 Å². The number of carbonyl (C=O) groups excluding carboxylic acids is 1. The third kappa shape index (κ3) is 2.88. The summed E-state index contributed by atoms with van der Waals surface area (Å²) in [6.45, 7) is 3.99. The first-order valence-electron chi connectivity index (χ1n) is 5.68. The van der Waals surface area contributed by atoms with Crippen LogP contribution in [0.4, 0.5) is 11.4 Å². The minimum Gasteiger partial charge on any atom is -0.369 e. The highest BCUT2D eigenvalue weighted by molar-refractivity contribution is 5.56. The van der Waals surface area contributed by atoms with Crippen molar-refractivity contribution in [1.82, 2.24) is 4.90 Å². The molecule has 0 saturated carbocycles. The minimum absolute atomic E-state index is 0.456. The average Bonchev–Trinajstić information content (AvgIpc) is 2.40. The van der Waals surface area contributed by atoms with Crippen LogP contribution < -0.4 is 4.90 Å². The van der Waals surface area contributed by atoms with Crippen LogP contribution in [0, 0.1) is 4.91 Å². The number of hydrogen-bond acceptors (Lipinski definition) is 5. The van der Waals surface area contributed by atoms with Gasteiger partial charge in [0.1, 0.15) is 12.0 Å². The molecule has 5 heteroatoms. The number of anilines is 1. The smallest absolute Gasteiger partial charge is 0.133 e. The van der Waals surface area contributed by atoms with Crippen molar-refractivity contribution in [3.63, 3.8) is 0 Å². The minimum atomic E-state index is 0.456. The Kier molecular flexibility index (Phi) is 3.82. The second-order valence-corrected chi connectivity index (χ2v) is 4.07. The van der Waals surface area contributed by atoms with E-state index in [9.17, 15) is 9.70 Å². The van der Waals surface area contributed by atoms with Crippen LogP contribution in [0.15, 0.2) is 29.4 Å². The lowest BCUT2D eigenvalue weighted by atomic mass is 10.2. The van der Waals surface area contributed by atoms with Crippen LogP contribution in [-0.2, 0) is 4.79 Å². The van der Waals surface area contributed by atoms with Crippen LogP contribution in [-0.4, -0.2) is 43.9 Å². The Morgan fingerprint density at radius 2 is 2.00 bits per heavy atom. The molecule has 17 heavy (non-hydrogen) atoms. The highest BCUT2D eigenvalue weighted by Gasteiger charge is 2.16. The van der Waals surface area contributed by atoms with Gasteiger partial charge in [0.25, 0.3) is 0 Å². The van der Waals surface area contributed by atoms with E-state index in [0.717, 1.165) is 38.2 Å². The fraction of sp³-hybridized carbons (Fsp3) is 0.417. The Bertz CT molecular complexity index is 400. The first-order valence-corrected chi connectivity index (χ1v) is 5.68. The molecule has 0 aliphatic carbocycles. The van der Waals surface area contributed by atoms with Crippen LogP contribution in [0.3, 0.4) is 0 Å². The van der Waals surface area contributed by atoms with Gasteiger partial charge in [-0.05, 0) is 23.4 Å². The Labute approximate surface area is 100.0 Å². The summed E-state index contributed by atoms with van der Waals surface area (Å²) in [6.07, 6.45) is 0.937. The zero-order valence-electron chi connectivity index (χ0n) is 9.58. The van der Waals surface area contributed by atoms with E-state index in [1.165, 1.54) is 0 Å². The molecule has 1 heterocycles. The summed E-state index contributed by atoms with van der Waals surface area (Å²) >= 11 is 0. The van der Waals surface area contributed by atoms with Gasteiger partial charge in [-0.25, -0.2) is 0 Å². The van der Waals surface area contributed by atoms with Gasteiger partial charge in [-0.1, -0.05) is 6.07 Å². The summed E-state index contributed by atoms with van der Waals surface area (Å²) in [5.41, 5.74) is 1.48. The van der Waals surface area contributed by atoms with Gasteiger partial charge < -0.3 is 9.69 Å². The lowest BCUT2D eigenvalue weighted by molar-refractivity contribution is -0.108. The summed E-state index contributed by atoms with van der Waals surface area (Å²) in [4.78, 5) is 25.2. The second kappa shape index (κ2) is 5.54. The topological polar surface area (TPSA) is 53.0 Å². The number of aldehydes is 1. The summed E-state index contributed by atoms with van der Waals surface area (Å²) < 4.78 is 0. The first kappa shape index (κ1) is 11.7. The fourth-order valence-electron chi connectivity index (χ4n) is 2.04. The van der Waals surface area contributed by atoms with Gasteiger partial charge in [-0.3, -0.25) is 4.90 Å². The molecule has 90 valence electrons. The maximum Gasteiger partial charge on any atom is 0.133 e. The van der Waals surface area contributed by atoms with Crippen molar-refractivity contribution in [2.24, 2.45) is 5.18 Å². The molecule has 0 amide bonds. The van der Waals surface area contributed by atoms with Gasteiger partial charge in [0, 0.05) is 31.9 Å². The van der Waals surface area contributed by atoms with Crippen LogP contribution in [0.1, 0.15) is 0 Å². The van der Waals surface area contributed by atoms with Crippen molar-refractivity contribution in [3.05, 3.63) is 29.2 Å². The van der Waals surface area contributed by atoms with Crippen molar-refractivity contribution in [3.8, 4) is 0 Å². The second-order valence-electron chi connectivity index (χ2n) is 4.07. The van der Waals surface area contributed by atoms with Gasteiger partial charge >= 0.3 is 0 Å². The van der Waals surface area contributed by atoms with Crippen LogP contribution in [0.5, 0.6) is 0 Å². The predicted molar refractivity (Wildman–Crippen MR) is 66.6 cm³/mol. The van der Waals surface area contributed by atoms with Gasteiger partial charge in [-0.15, -0.1) is 4.91 Å². The molecule has 0 aromatic heterocycles. The monoisotopic (exact) mass is 233 g/mol. The maximum absolute atomic E-state index is 10.5. The van der Waals surface area contributed by atoms with Crippen molar-refractivity contribution in [2.45, 2.75) is 0 Å². The van der Waals surface area contributed by atoms with E-state index >= 15 is 0 Å². The van der Waals surface area contributed by atoms with Crippen molar-refractivity contribution in [2.75, 3.05) is 37.6 Å². The molecule has 0 bridgehead atoms. The van der Waals surface area contributed by atoms with Gasteiger partial charge in [0.2, 0.25) is 0 Å². The molecule has 0 radical (unpaired) electrons. The Morgan fingerprint density at radius 3 is 2.65 bits per heavy atom. The normalized spacial score (nSPS) is 16.8. The number of nitroso groups, excluding NO2 is 1. The largest absolute Gasteiger partial charge is 0.369 e. The lowest BCUT2D eigenvalue weighted by Crippen LogP contribution is -2.46. The van der Waals surface area contributed by atoms with E-state index in [-0.39, 0.29) is 0 Å². The van der Waals surface area contributed by atoms with E-state index in [4.69, 9.17) is 0 Å². The molecule has 1 aromatic carbocycles. The highest BCUT2D eigenvalue weighted by atomic mass is 16.3. The first-order chi connectivity index (χ1) is 8.33. The van der Waals surface area contributed by atoms with Crippen molar-refractivity contribution >= 4 is 17.7 Å². The predicted octanol–water partition coefficient (Wildman–Crippen LogP) is 1.41. The third-order valence-corrected chi connectivity index (χ3v) is 3.01. The molecule has 1 aliphatic heterocycles. The van der Waals surface area contributed by atoms with Crippen LogP contribution in [0.2, 0.25) is 0 Å². The molecule has 1 fully saturated rings. The molecule has 1 aliphatic rings. The number of piperazine rings is 1. The highest BCUT2D eigenvalue weighted by Crippen LogP contribution is 2.22. The Hall–Kier alpha value is -1.75.